The molecule has 0 aliphatic heterocycles. The van der Waals surface area contributed by atoms with Crippen LogP contribution >= 0.6 is 0 Å². The summed E-state index contributed by atoms with van der Waals surface area (Å²) in [6, 6.07) is 18.2. The Morgan fingerprint density at radius 3 is 1.96 bits per heavy atom. The molecule has 2 aromatic rings. The zero-order valence-electron chi connectivity index (χ0n) is 17.8. The van der Waals surface area contributed by atoms with E-state index in [1.54, 1.807) is 0 Å². The summed E-state index contributed by atoms with van der Waals surface area (Å²) in [5.41, 5.74) is 5.44. The summed E-state index contributed by atoms with van der Waals surface area (Å²) in [5, 5.41) is 0. The Balaban J connectivity index is 1.61. The van der Waals surface area contributed by atoms with Crippen molar-refractivity contribution in [2.24, 2.45) is 5.41 Å². The van der Waals surface area contributed by atoms with Crippen LogP contribution in [-0.2, 0) is 11.2 Å². The molecule has 1 saturated carbocycles. The zero-order valence-corrected chi connectivity index (χ0v) is 17.8. The summed E-state index contributed by atoms with van der Waals surface area (Å²) in [4.78, 5) is 11.7. The molecular weight excluding hydrogens is 340 g/mol. The molecule has 1 heteroatoms. The molecule has 0 atom stereocenters. The molecular formula is C27H36O. The molecule has 0 heterocycles. The highest BCUT2D eigenvalue weighted by atomic mass is 16.1. The quantitative estimate of drug-likeness (QED) is 0.409. The molecule has 0 saturated heterocycles. The predicted molar refractivity (Wildman–Crippen MR) is 120 cm³/mol. The molecule has 1 aliphatic rings. The van der Waals surface area contributed by atoms with E-state index in [1.807, 2.05) is 0 Å². The van der Waals surface area contributed by atoms with Crippen molar-refractivity contribution < 1.29 is 4.79 Å². The summed E-state index contributed by atoms with van der Waals surface area (Å²) in [7, 11) is 0. The van der Waals surface area contributed by atoms with Gasteiger partial charge in [-0.3, -0.25) is 0 Å². The number of aryl methyl sites for hydroxylation is 1. The van der Waals surface area contributed by atoms with Gasteiger partial charge in [-0.1, -0.05) is 81.6 Å². The minimum absolute atomic E-state index is 0.0357. The fraction of sp³-hybridized carbons (Fsp3) is 0.519. The first-order valence-electron chi connectivity index (χ1n) is 11.4. The number of aldehydes is 1. The normalized spacial score (nSPS) is 22.1. The van der Waals surface area contributed by atoms with Crippen molar-refractivity contribution in [3.63, 3.8) is 0 Å². The van der Waals surface area contributed by atoms with Crippen molar-refractivity contribution in [2.45, 2.75) is 84.0 Å². The first kappa shape index (κ1) is 20.8. The van der Waals surface area contributed by atoms with Crippen molar-refractivity contribution >= 4 is 6.29 Å². The summed E-state index contributed by atoms with van der Waals surface area (Å²) in [6.07, 6.45) is 12.8. The Bertz CT molecular complexity index is 718. The van der Waals surface area contributed by atoms with Gasteiger partial charge in [-0.25, -0.2) is 0 Å². The van der Waals surface area contributed by atoms with Gasteiger partial charge in [-0.05, 0) is 73.1 Å². The Labute approximate surface area is 171 Å². The summed E-state index contributed by atoms with van der Waals surface area (Å²) in [6.45, 7) is 4.46. The number of carbonyl (C=O) groups excluding carboxylic acids is 1. The average Bonchev–Trinajstić information content (AvgIpc) is 2.77. The largest absolute Gasteiger partial charge is 0.303 e. The lowest BCUT2D eigenvalue weighted by Crippen LogP contribution is -2.28. The molecule has 1 aliphatic carbocycles. The highest BCUT2D eigenvalue weighted by molar-refractivity contribution is 5.64. The molecule has 28 heavy (non-hydrogen) atoms. The van der Waals surface area contributed by atoms with E-state index >= 15 is 0 Å². The molecule has 0 amide bonds. The Hall–Kier alpha value is -1.89. The predicted octanol–water partition coefficient (Wildman–Crippen LogP) is 7.73. The van der Waals surface area contributed by atoms with Crippen LogP contribution in [0.2, 0.25) is 0 Å². The van der Waals surface area contributed by atoms with E-state index in [9.17, 15) is 4.79 Å². The molecule has 1 nitrogen and oxygen atoms in total. The second kappa shape index (κ2) is 10.0. The second-order valence-corrected chi connectivity index (χ2v) is 8.78. The number of hydrogen-bond donors (Lipinski definition) is 0. The molecule has 0 aromatic heterocycles. The minimum atomic E-state index is -0.0357. The molecule has 0 unspecified atom stereocenters. The smallest absolute Gasteiger partial charge is 0.126 e. The van der Waals surface area contributed by atoms with E-state index in [1.165, 1.54) is 60.6 Å². The van der Waals surface area contributed by atoms with E-state index < -0.39 is 0 Å². The fourth-order valence-corrected chi connectivity index (χ4v) is 4.67. The van der Waals surface area contributed by atoms with Crippen LogP contribution in [-0.4, -0.2) is 6.29 Å². The Kier molecular flexibility index (Phi) is 7.48. The Morgan fingerprint density at radius 2 is 1.43 bits per heavy atom. The topological polar surface area (TPSA) is 17.1 Å². The first-order chi connectivity index (χ1) is 13.7. The van der Waals surface area contributed by atoms with E-state index in [2.05, 4.69) is 62.4 Å². The SMILES string of the molecule is CCCCc1ccc(-c2ccc(C3CCC(C=O)(CCCC)CC3)cc2)cc1. The monoisotopic (exact) mass is 376 g/mol. The molecule has 3 rings (SSSR count). The van der Waals surface area contributed by atoms with Gasteiger partial charge in [0, 0.05) is 5.41 Å². The standard InChI is InChI=1S/C27H36O/c1-3-5-7-22-8-10-23(11-9-22)24-12-14-25(15-13-24)26-16-19-27(21-28,20-17-26)18-6-4-2/h8-15,21,26H,3-7,16-20H2,1-2H3. The average molecular weight is 377 g/mol. The van der Waals surface area contributed by atoms with Gasteiger partial charge in [0.2, 0.25) is 0 Å². The van der Waals surface area contributed by atoms with Gasteiger partial charge < -0.3 is 4.79 Å². The van der Waals surface area contributed by atoms with Crippen LogP contribution in [0.5, 0.6) is 0 Å². The van der Waals surface area contributed by atoms with Crippen LogP contribution in [0.15, 0.2) is 48.5 Å². The highest BCUT2D eigenvalue weighted by Gasteiger charge is 2.34. The second-order valence-electron chi connectivity index (χ2n) is 8.78. The number of hydrogen-bond acceptors (Lipinski definition) is 1. The number of rotatable bonds is 9. The number of carbonyl (C=O) groups is 1. The van der Waals surface area contributed by atoms with E-state index in [0.717, 1.165) is 32.1 Å². The lowest BCUT2D eigenvalue weighted by Gasteiger charge is -2.36. The molecule has 2 aromatic carbocycles. The highest BCUT2D eigenvalue weighted by Crippen LogP contribution is 2.44. The molecule has 0 N–H and O–H groups in total. The third-order valence-corrected chi connectivity index (χ3v) is 6.75. The van der Waals surface area contributed by atoms with Crippen molar-refractivity contribution in [3.05, 3.63) is 59.7 Å². The molecule has 0 radical (unpaired) electrons. The number of unbranched alkanes of at least 4 members (excludes halogenated alkanes) is 2. The van der Waals surface area contributed by atoms with Gasteiger partial charge >= 0.3 is 0 Å². The molecule has 150 valence electrons. The van der Waals surface area contributed by atoms with Gasteiger partial charge in [0.15, 0.2) is 0 Å². The van der Waals surface area contributed by atoms with Crippen molar-refractivity contribution in [1.82, 2.24) is 0 Å². The van der Waals surface area contributed by atoms with Crippen molar-refractivity contribution in [2.75, 3.05) is 0 Å². The molecule has 0 bridgehead atoms. The van der Waals surface area contributed by atoms with E-state index in [-0.39, 0.29) is 5.41 Å². The third-order valence-electron chi connectivity index (χ3n) is 6.75. The lowest BCUT2D eigenvalue weighted by molar-refractivity contribution is -0.118. The molecule has 0 spiro atoms. The van der Waals surface area contributed by atoms with Crippen LogP contribution in [0.3, 0.4) is 0 Å². The summed E-state index contributed by atoms with van der Waals surface area (Å²) < 4.78 is 0. The van der Waals surface area contributed by atoms with E-state index in [0.29, 0.717) is 5.92 Å². The first-order valence-corrected chi connectivity index (χ1v) is 11.4. The lowest BCUT2D eigenvalue weighted by atomic mass is 9.67. The van der Waals surface area contributed by atoms with Gasteiger partial charge in [-0.15, -0.1) is 0 Å². The summed E-state index contributed by atoms with van der Waals surface area (Å²) >= 11 is 0. The molecule has 1 fully saturated rings. The maximum Gasteiger partial charge on any atom is 0.126 e. The van der Waals surface area contributed by atoms with Gasteiger partial charge in [0.1, 0.15) is 6.29 Å². The van der Waals surface area contributed by atoms with Crippen LogP contribution < -0.4 is 0 Å². The van der Waals surface area contributed by atoms with Crippen LogP contribution in [0.25, 0.3) is 11.1 Å². The Morgan fingerprint density at radius 1 is 0.857 bits per heavy atom. The fourth-order valence-electron chi connectivity index (χ4n) is 4.67. The number of benzene rings is 2. The van der Waals surface area contributed by atoms with Crippen molar-refractivity contribution in [1.29, 1.82) is 0 Å². The van der Waals surface area contributed by atoms with Crippen LogP contribution in [0.1, 0.15) is 88.7 Å². The van der Waals surface area contributed by atoms with Crippen molar-refractivity contribution in [3.8, 4) is 11.1 Å². The maximum absolute atomic E-state index is 11.7. The van der Waals surface area contributed by atoms with Crippen LogP contribution in [0, 0.1) is 5.41 Å². The maximum atomic E-state index is 11.7. The summed E-state index contributed by atoms with van der Waals surface area (Å²) in [5.74, 6) is 0.611. The zero-order chi connectivity index (χ0) is 19.8. The third kappa shape index (κ3) is 5.13. The minimum Gasteiger partial charge on any atom is -0.303 e. The van der Waals surface area contributed by atoms with E-state index in [4.69, 9.17) is 0 Å². The van der Waals surface area contributed by atoms with Gasteiger partial charge in [0.25, 0.3) is 0 Å². The van der Waals surface area contributed by atoms with Gasteiger partial charge in [0.05, 0.1) is 0 Å². The van der Waals surface area contributed by atoms with Crippen LogP contribution in [0.4, 0.5) is 0 Å². The van der Waals surface area contributed by atoms with Gasteiger partial charge in [-0.2, -0.15) is 0 Å².